The Kier molecular flexibility index (Phi) is 7.30. The molecule has 0 bridgehead atoms. The standard InChI is InChI=1S/C25H28F2N6O/c1-3-5-11-21-22(23(26)27)32(14-4-2)25(34)33(21)16-17-12-13-19(18-9-7-6-8-10-18)20(15-17)24-28-30-31-29-24/h6-10,12-13,15,23H,3-5,11,14,16H2,1-2H3,(H,28,29,30,31). The first-order valence-corrected chi connectivity index (χ1v) is 11.6. The van der Waals surface area contributed by atoms with Gasteiger partial charge in [-0.05, 0) is 52.4 Å². The van der Waals surface area contributed by atoms with Crippen molar-refractivity contribution in [1.29, 1.82) is 0 Å². The van der Waals surface area contributed by atoms with E-state index in [1.165, 1.54) is 9.13 Å². The van der Waals surface area contributed by atoms with Crippen molar-refractivity contribution in [3.05, 3.63) is 76.0 Å². The van der Waals surface area contributed by atoms with Gasteiger partial charge < -0.3 is 0 Å². The number of imidazole rings is 1. The monoisotopic (exact) mass is 466 g/mol. The molecule has 4 aromatic rings. The first-order chi connectivity index (χ1) is 16.5. The topological polar surface area (TPSA) is 81.4 Å². The van der Waals surface area contributed by atoms with Gasteiger partial charge in [0.25, 0.3) is 6.43 Å². The lowest BCUT2D eigenvalue weighted by molar-refractivity contribution is 0.139. The zero-order valence-corrected chi connectivity index (χ0v) is 19.3. The van der Waals surface area contributed by atoms with E-state index in [1.807, 2.05) is 62.4 Å². The molecule has 0 fully saturated rings. The highest BCUT2D eigenvalue weighted by molar-refractivity contribution is 5.80. The summed E-state index contributed by atoms with van der Waals surface area (Å²) in [5.41, 5.74) is 3.39. The lowest BCUT2D eigenvalue weighted by Crippen LogP contribution is -2.26. The van der Waals surface area contributed by atoms with Gasteiger partial charge in [-0.1, -0.05) is 62.7 Å². The maximum Gasteiger partial charge on any atom is 0.329 e. The van der Waals surface area contributed by atoms with Gasteiger partial charge in [-0.25, -0.2) is 18.7 Å². The summed E-state index contributed by atoms with van der Waals surface area (Å²) in [7, 11) is 0. The molecule has 0 aliphatic heterocycles. The highest BCUT2D eigenvalue weighted by atomic mass is 19.3. The summed E-state index contributed by atoms with van der Waals surface area (Å²) < 4.78 is 30.9. The summed E-state index contributed by atoms with van der Waals surface area (Å²) in [6.07, 6.45) is -0.0841. The van der Waals surface area contributed by atoms with Crippen LogP contribution in [-0.4, -0.2) is 29.8 Å². The first kappa shape index (κ1) is 23.5. The summed E-state index contributed by atoms with van der Waals surface area (Å²) in [6, 6.07) is 15.6. The van der Waals surface area contributed by atoms with Crippen LogP contribution in [0.5, 0.6) is 0 Å². The quantitative estimate of drug-likeness (QED) is 0.347. The van der Waals surface area contributed by atoms with Crippen LogP contribution in [0.1, 0.15) is 56.5 Å². The third kappa shape index (κ3) is 4.69. The second-order valence-electron chi connectivity index (χ2n) is 8.25. The number of rotatable bonds is 10. The van der Waals surface area contributed by atoms with Crippen LogP contribution in [0.2, 0.25) is 0 Å². The lowest BCUT2D eigenvalue weighted by Gasteiger charge is -2.13. The SMILES string of the molecule is CCCCc1c(C(F)F)n(CCC)c(=O)n1Cc1ccc(-c2ccccc2)c(-c2nnn[nH]2)c1. The number of nitrogens with one attached hydrogen (secondary N) is 1. The number of hydrogen-bond donors (Lipinski definition) is 1. The van der Waals surface area contributed by atoms with Crippen LogP contribution in [0.15, 0.2) is 53.3 Å². The minimum absolute atomic E-state index is 0.152. The molecule has 34 heavy (non-hydrogen) atoms. The third-order valence-corrected chi connectivity index (χ3v) is 5.91. The average molecular weight is 467 g/mol. The molecule has 2 aromatic carbocycles. The fourth-order valence-electron chi connectivity index (χ4n) is 4.32. The summed E-state index contributed by atoms with van der Waals surface area (Å²) in [5.74, 6) is 0.496. The summed E-state index contributed by atoms with van der Waals surface area (Å²) in [4.78, 5) is 13.2. The molecule has 0 saturated carbocycles. The molecule has 0 unspecified atom stereocenters. The number of H-pyrrole nitrogens is 1. The van der Waals surface area contributed by atoms with E-state index in [0.717, 1.165) is 35.1 Å². The molecule has 7 nitrogen and oxygen atoms in total. The van der Waals surface area contributed by atoms with Gasteiger partial charge >= 0.3 is 5.69 Å². The number of benzene rings is 2. The minimum atomic E-state index is -2.70. The molecular formula is C25H28F2N6O. The van der Waals surface area contributed by atoms with E-state index >= 15 is 0 Å². The molecule has 0 saturated heterocycles. The number of aromatic amines is 1. The van der Waals surface area contributed by atoms with Crippen LogP contribution in [0.25, 0.3) is 22.5 Å². The summed E-state index contributed by atoms with van der Waals surface area (Å²) in [5, 5.41) is 14.3. The molecule has 0 aliphatic rings. The van der Waals surface area contributed by atoms with Gasteiger partial charge in [-0.3, -0.25) is 9.13 Å². The number of unbranched alkanes of at least 4 members (excludes halogenated alkanes) is 1. The Balaban J connectivity index is 1.82. The number of hydrogen-bond acceptors (Lipinski definition) is 4. The van der Waals surface area contributed by atoms with Crippen LogP contribution < -0.4 is 5.69 Å². The van der Waals surface area contributed by atoms with E-state index in [9.17, 15) is 13.6 Å². The zero-order chi connectivity index (χ0) is 24.1. The molecule has 0 aliphatic carbocycles. The molecule has 2 heterocycles. The highest BCUT2D eigenvalue weighted by Crippen LogP contribution is 2.31. The zero-order valence-electron chi connectivity index (χ0n) is 19.3. The summed E-state index contributed by atoms with van der Waals surface area (Å²) >= 11 is 0. The summed E-state index contributed by atoms with van der Waals surface area (Å²) in [6.45, 7) is 4.35. The smallest absolute Gasteiger partial charge is 0.291 e. The van der Waals surface area contributed by atoms with Gasteiger partial charge in [-0.15, -0.1) is 5.10 Å². The number of alkyl halides is 2. The average Bonchev–Trinajstić information content (AvgIpc) is 3.47. The van der Waals surface area contributed by atoms with Crippen molar-refractivity contribution in [3.8, 4) is 22.5 Å². The van der Waals surface area contributed by atoms with E-state index in [4.69, 9.17) is 0 Å². The van der Waals surface area contributed by atoms with Crippen LogP contribution in [0.4, 0.5) is 8.78 Å². The Bertz CT molecular complexity index is 1280. The molecule has 9 heteroatoms. The molecule has 2 aromatic heterocycles. The van der Waals surface area contributed by atoms with Gasteiger partial charge in [0.15, 0.2) is 5.82 Å². The van der Waals surface area contributed by atoms with Crippen molar-refractivity contribution >= 4 is 0 Å². The molecule has 4 rings (SSSR count). The Labute approximate surface area is 196 Å². The maximum absolute atomic E-state index is 14.1. The van der Waals surface area contributed by atoms with Crippen molar-refractivity contribution in [2.24, 2.45) is 0 Å². The van der Waals surface area contributed by atoms with Gasteiger partial charge in [0, 0.05) is 17.8 Å². The number of nitrogens with zero attached hydrogens (tertiary/aromatic N) is 5. The molecule has 0 amide bonds. The largest absolute Gasteiger partial charge is 0.329 e. The third-order valence-electron chi connectivity index (χ3n) is 5.91. The second-order valence-corrected chi connectivity index (χ2v) is 8.25. The van der Waals surface area contributed by atoms with Crippen LogP contribution in [0, 0.1) is 0 Å². The number of aromatic nitrogens is 6. The Hall–Kier alpha value is -3.62. The van der Waals surface area contributed by atoms with Crippen molar-refractivity contribution < 1.29 is 8.78 Å². The van der Waals surface area contributed by atoms with Gasteiger partial charge in [-0.2, -0.15) is 0 Å². The van der Waals surface area contributed by atoms with Crippen LogP contribution >= 0.6 is 0 Å². The fourth-order valence-corrected chi connectivity index (χ4v) is 4.32. The maximum atomic E-state index is 14.1. The minimum Gasteiger partial charge on any atom is -0.291 e. The molecule has 1 N–H and O–H groups in total. The second kappa shape index (κ2) is 10.5. The number of tetrazole rings is 1. The van der Waals surface area contributed by atoms with E-state index in [-0.39, 0.29) is 18.8 Å². The van der Waals surface area contributed by atoms with E-state index in [1.54, 1.807) is 0 Å². The predicted molar refractivity (Wildman–Crippen MR) is 127 cm³/mol. The number of halogens is 2. The molecule has 0 spiro atoms. The van der Waals surface area contributed by atoms with Crippen molar-refractivity contribution in [2.75, 3.05) is 0 Å². The van der Waals surface area contributed by atoms with E-state index in [2.05, 4.69) is 20.6 Å². The molecular weight excluding hydrogens is 438 g/mol. The Morgan fingerprint density at radius 1 is 1.00 bits per heavy atom. The fraction of sp³-hybridized carbons (Fsp3) is 0.360. The van der Waals surface area contributed by atoms with E-state index in [0.29, 0.717) is 24.4 Å². The molecule has 0 atom stereocenters. The van der Waals surface area contributed by atoms with Gasteiger partial charge in [0.05, 0.1) is 6.54 Å². The Morgan fingerprint density at radius 3 is 2.44 bits per heavy atom. The van der Waals surface area contributed by atoms with Gasteiger partial charge in [0.2, 0.25) is 0 Å². The molecule has 178 valence electrons. The predicted octanol–water partition coefficient (Wildman–Crippen LogP) is 5.24. The first-order valence-electron chi connectivity index (χ1n) is 11.6. The van der Waals surface area contributed by atoms with E-state index < -0.39 is 12.1 Å². The lowest BCUT2D eigenvalue weighted by atomic mass is 9.97. The van der Waals surface area contributed by atoms with Crippen molar-refractivity contribution in [3.63, 3.8) is 0 Å². The highest BCUT2D eigenvalue weighted by Gasteiger charge is 2.26. The van der Waals surface area contributed by atoms with Crippen LogP contribution in [0.3, 0.4) is 0 Å². The van der Waals surface area contributed by atoms with Crippen molar-refractivity contribution in [2.45, 2.75) is 59.0 Å². The van der Waals surface area contributed by atoms with Gasteiger partial charge in [0.1, 0.15) is 5.69 Å². The Morgan fingerprint density at radius 2 is 1.79 bits per heavy atom. The van der Waals surface area contributed by atoms with Crippen LogP contribution in [-0.2, 0) is 19.5 Å². The molecule has 0 radical (unpaired) electrons. The van der Waals surface area contributed by atoms with Crippen molar-refractivity contribution in [1.82, 2.24) is 29.8 Å². The normalized spacial score (nSPS) is 11.4.